The van der Waals surface area contributed by atoms with Crippen LogP contribution in [0.25, 0.3) is 6.08 Å². The number of aromatic nitrogens is 3. The Kier molecular flexibility index (Phi) is 8.70. The molecule has 7 heteroatoms. The summed E-state index contributed by atoms with van der Waals surface area (Å²) < 4.78 is 10.0. The number of aryl methyl sites for hydroxylation is 3. The van der Waals surface area contributed by atoms with Gasteiger partial charge in [-0.2, -0.15) is 0 Å². The molecular formula is C24H29N3O4. The van der Waals surface area contributed by atoms with Gasteiger partial charge >= 0.3 is 11.9 Å². The molecule has 0 spiro atoms. The monoisotopic (exact) mass is 423 g/mol. The lowest BCUT2D eigenvalue weighted by molar-refractivity contribution is -0.155. The minimum Gasteiger partial charge on any atom is -0.469 e. The molecule has 1 aliphatic carbocycles. The minimum absolute atomic E-state index is 0.395. The van der Waals surface area contributed by atoms with Gasteiger partial charge in [0.1, 0.15) is 18.9 Å². The smallest absolute Gasteiger partial charge is 0.317 e. The van der Waals surface area contributed by atoms with Gasteiger partial charge in [0.2, 0.25) is 0 Å². The van der Waals surface area contributed by atoms with Crippen LogP contribution in [0.5, 0.6) is 0 Å². The summed E-state index contributed by atoms with van der Waals surface area (Å²) in [6, 6.07) is 4.35. The fraction of sp³-hybridized carbons (Fsp3) is 0.458. The third kappa shape index (κ3) is 7.59. The average molecular weight is 424 g/mol. The number of fused-ring (bicyclic) bond motifs is 1. The highest BCUT2D eigenvalue weighted by molar-refractivity contribution is 5.91. The maximum Gasteiger partial charge on any atom is 0.317 e. The summed E-state index contributed by atoms with van der Waals surface area (Å²) in [7, 11) is 1.25. The van der Waals surface area contributed by atoms with Crippen molar-refractivity contribution in [1.29, 1.82) is 0 Å². The molecular weight excluding hydrogens is 394 g/mol. The summed E-state index contributed by atoms with van der Waals surface area (Å²) >= 11 is 0. The third-order valence-corrected chi connectivity index (χ3v) is 5.29. The van der Waals surface area contributed by atoms with Gasteiger partial charge in [0.25, 0.3) is 0 Å². The van der Waals surface area contributed by atoms with Crippen LogP contribution in [-0.4, -0.2) is 40.1 Å². The number of esters is 2. The second-order valence-corrected chi connectivity index (χ2v) is 7.67. The van der Waals surface area contributed by atoms with Gasteiger partial charge in [-0.25, -0.2) is 9.97 Å². The van der Waals surface area contributed by atoms with Crippen molar-refractivity contribution in [2.75, 3.05) is 7.11 Å². The van der Waals surface area contributed by atoms with Crippen LogP contribution >= 0.6 is 0 Å². The summed E-state index contributed by atoms with van der Waals surface area (Å²) in [4.78, 5) is 36.2. The Morgan fingerprint density at radius 1 is 1.10 bits per heavy atom. The summed E-state index contributed by atoms with van der Waals surface area (Å²) in [5.74, 6) is -1.20. The highest BCUT2D eigenvalue weighted by atomic mass is 16.6. The van der Waals surface area contributed by atoms with E-state index in [2.05, 4.69) is 26.8 Å². The molecule has 0 fully saturated rings. The van der Waals surface area contributed by atoms with Crippen molar-refractivity contribution >= 4 is 18.0 Å². The highest BCUT2D eigenvalue weighted by Crippen LogP contribution is 2.20. The van der Waals surface area contributed by atoms with Crippen LogP contribution in [0, 0.1) is 0 Å². The van der Waals surface area contributed by atoms with Gasteiger partial charge in [0, 0.05) is 29.3 Å². The molecule has 1 atom stereocenters. The van der Waals surface area contributed by atoms with E-state index in [0.29, 0.717) is 6.42 Å². The van der Waals surface area contributed by atoms with Gasteiger partial charge in [0.15, 0.2) is 0 Å². The quantitative estimate of drug-likeness (QED) is 0.327. The lowest BCUT2D eigenvalue weighted by Gasteiger charge is -2.16. The number of ether oxygens (including phenoxy) is 2. The topological polar surface area (TPSA) is 91.3 Å². The zero-order chi connectivity index (χ0) is 21.9. The van der Waals surface area contributed by atoms with Crippen molar-refractivity contribution in [3.05, 3.63) is 59.4 Å². The molecule has 2 aromatic heterocycles. The predicted molar refractivity (Wildman–Crippen MR) is 116 cm³/mol. The number of hydrogen-bond donors (Lipinski definition) is 0. The first-order chi connectivity index (χ1) is 15.1. The number of carbonyl (C=O) groups excluding carboxylic acids is 2. The first-order valence-corrected chi connectivity index (χ1v) is 10.8. The molecule has 0 radical (unpaired) electrons. The van der Waals surface area contributed by atoms with Crippen molar-refractivity contribution in [3.8, 4) is 0 Å². The van der Waals surface area contributed by atoms with E-state index in [4.69, 9.17) is 9.72 Å². The van der Waals surface area contributed by atoms with Crippen molar-refractivity contribution in [2.24, 2.45) is 0 Å². The number of hydrogen-bond acceptors (Lipinski definition) is 7. The van der Waals surface area contributed by atoms with Gasteiger partial charge < -0.3 is 9.47 Å². The molecule has 0 aromatic carbocycles. The summed E-state index contributed by atoms with van der Waals surface area (Å²) in [6.45, 7) is 0. The van der Waals surface area contributed by atoms with Gasteiger partial charge in [-0.05, 0) is 69.1 Å². The Morgan fingerprint density at radius 3 is 2.71 bits per heavy atom. The van der Waals surface area contributed by atoms with E-state index >= 15 is 0 Å². The summed E-state index contributed by atoms with van der Waals surface area (Å²) in [6.07, 6.45) is 15.7. The third-order valence-electron chi connectivity index (χ3n) is 5.29. The predicted octanol–water partition coefficient (Wildman–Crippen LogP) is 3.65. The lowest BCUT2D eigenvalue weighted by atomic mass is 9.95. The van der Waals surface area contributed by atoms with Crippen LogP contribution < -0.4 is 0 Å². The van der Waals surface area contributed by atoms with E-state index in [1.807, 2.05) is 12.2 Å². The second-order valence-electron chi connectivity index (χ2n) is 7.67. The molecule has 7 nitrogen and oxygen atoms in total. The van der Waals surface area contributed by atoms with E-state index in [1.165, 1.54) is 37.5 Å². The van der Waals surface area contributed by atoms with Crippen molar-refractivity contribution < 1.29 is 19.1 Å². The molecule has 0 amide bonds. The van der Waals surface area contributed by atoms with E-state index in [1.54, 1.807) is 12.4 Å². The van der Waals surface area contributed by atoms with Gasteiger partial charge in [-0.15, -0.1) is 0 Å². The van der Waals surface area contributed by atoms with Crippen molar-refractivity contribution in [2.45, 2.75) is 63.9 Å². The van der Waals surface area contributed by atoms with Crippen LogP contribution in [-0.2, 0) is 38.3 Å². The fourth-order valence-electron chi connectivity index (χ4n) is 3.63. The van der Waals surface area contributed by atoms with Crippen molar-refractivity contribution in [1.82, 2.24) is 15.0 Å². The fourth-order valence-corrected chi connectivity index (χ4v) is 3.63. The van der Waals surface area contributed by atoms with Crippen LogP contribution in [0.15, 0.2) is 36.9 Å². The molecule has 31 heavy (non-hydrogen) atoms. The Bertz CT molecular complexity index is 899. The summed E-state index contributed by atoms with van der Waals surface area (Å²) in [5, 5.41) is 0. The zero-order valence-electron chi connectivity index (χ0n) is 18.0. The molecule has 164 valence electrons. The number of unbranched alkanes of at least 4 members (excludes halogenated alkanes) is 1. The molecule has 3 rings (SSSR count). The maximum absolute atomic E-state index is 12.0. The highest BCUT2D eigenvalue weighted by Gasteiger charge is 2.16. The molecule has 0 saturated heterocycles. The van der Waals surface area contributed by atoms with E-state index in [9.17, 15) is 9.59 Å². The summed E-state index contributed by atoms with van der Waals surface area (Å²) in [5.41, 5.74) is 4.58. The number of carbonyl (C=O) groups is 2. The molecule has 0 aliphatic heterocycles. The maximum atomic E-state index is 12.0. The average Bonchev–Trinajstić information content (AvgIpc) is 2.80. The molecule has 1 aliphatic rings. The first-order valence-electron chi connectivity index (χ1n) is 10.8. The molecule has 0 N–H and O–H groups in total. The largest absolute Gasteiger partial charge is 0.469 e. The van der Waals surface area contributed by atoms with Crippen molar-refractivity contribution in [3.63, 3.8) is 0 Å². The lowest BCUT2D eigenvalue weighted by Crippen LogP contribution is -2.19. The van der Waals surface area contributed by atoms with Gasteiger partial charge in [0.05, 0.1) is 7.11 Å². The Balaban J connectivity index is 1.52. The molecule has 2 heterocycles. The number of pyridine rings is 1. The Labute approximate surface area is 182 Å². The standard InChI is InChI=1S/C24H29N3O4/c1-30-23(28)14-24(29)31-21(13-10-18-15-25-17-26-16-18)8-4-3-7-20-12-11-19-6-2-5-9-22(19)27-20/h10-13,15-17,21H,2-9,14H2,1H3/b13-10+/t21-/m1/s1. The van der Waals surface area contributed by atoms with Crippen LogP contribution in [0.1, 0.15) is 61.0 Å². The normalized spacial score (nSPS) is 14.1. The van der Waals surface area contributed by atoms with Crippen LogP contribution in [0.3, 0.4) is 0 Å². The zero-order valence-corrected chi connectivity index (χ0v) is 18.0. The number of rotatable bonds is 10. The van der Waals surface area contributed by atoms with E-state index in [-0.39, 0.29) is 0 Å². The van der Waals surface area contributed by atoms with E-state index < -0.39 is 24.5 Å². The van der Waals surface area contributed by atoms with Gasteiger partial charge in [-0.1, -0.05) is 12.1 Å². The van der Waals surface area contributed by atoms with Crippen LogP contribution in [0.4, 0.5) is 0 Å². The SMILES string of the molecule is COC(=O)CC(=O)O[C@@H](/C=C/c1cncnc1)CCCCc1ccc2c(n1)CCCC2. The first kappa shape index (κ1) is 22.6. The molecule has 0 unspecified atom stereocenters. The minimum atomic E-state index is -0.609. The molecule has 0 saturated carbocycles. The Hall–Kier alpha value is -3.09. The Morgan fingerprint density at radius 2 is 1.90 bits per heavy atom. The van der Waals surface area contributed by atoms with Gasteiger partial charge in [-0.3, -0.25) is 14.6 Å². The van der Waals surface area contributed by atoms with Crippen LogP contribution in [0.2, 0.25) is 0 Å². The molecule has 0 bridgehead atoms. The number of nitrogens with zero attached hydrogens (tertiary/aromatic N) is 3. The second kappa shape index (κ2) is 11.9. The number of methoxy groups -OCH3 is 1. The van der Waals surface area contributed by atoms with E-state index in [0.717, 1.165) is 43.4 Å². The molecule has 2 aromatic rings.